The summed E-state index contributed by atoms with van der Waals surface area (Å²) in [5, 5.41) is 0. The van der Waals surface area contributed by atoms with Gasteiger partial charge in [0.2, 0.25) is 0 Å². The Kier molecular flexibility index (Phi) is 12.6. The molecule has 0 N–H and O–H groups in total. The third kappa shape index (κ3) is 9.11. The lowest BCUT2D eigenvalue weighted by Crippen LogP contribution is -2.14. The first kappa shape index (κ1) is 41.5. The van der Waals surface area contributed by atoms with Crippen molar-refractivity contribution in [2.75, 3.05) is 0 Å². The van der Waals surface area contributed by atoms with Crippen LogP contribution in [-0.2, 0) is 11.8 Å². The molecule has 0 nitrogen and oxygen atoms in total. The van der Waals surface area contributed by atoms with Gasteiger partial charge in [-0.05, 0) is 129 Å². The van der Waals surface area contributed by atoms with Gasteiger partial charge in [0.05, 0.1) is 0 Å². The van der Waals surface area contributed by atoms with Crippen LogP contribution in [0.25, 0.3) is 55.6 Å². The van der Waals surface area contributed by atoms with Crippen LogP contribution in [0, 0.1) is 20.8 Å². The van der Waals surface area contributed by atoms with E-state index in [4.69, 9.17) is 0 Å². The lowest BCUT2D eigenvalue weighted by Gasteiger charge is -2.31. The standard InChI is InChI=1S/C30H28.C16H16.C15H16/c1-21-13-15-23(16-14-21)24-17-19-25(20-18-24)28-11-6-12-29(30(28)26-8-5-9-26)27-10-4-3-7-22(27)2;1-11-8-9-15-13(10-11)12-6-4-5-7-14(12)16(15,2)3;1-2-6-13-9-11-15(12-10-13)14-7-4-3-5-8-14/h3-4,6-7,10-20,26H,5,8-9H2,1-2H3;4-10H,1-3H3;3-5,7-12H,2,6H2,1H3. The molecule has 304 valence electrons. The van der Waals surface area contributed by atoms with Crippen LogP contribution < -0.4 is 0 Å². The van der Waals surface area contributed by atoms with E-state index >= 15 is 0 Å². The highest BCUT2D eigenvalue weighted by atomic mass is 14.4. The normalized spacial score (nSPS) is 13.4. The molecule has 1 saturated carbocycles. The maximum Gasteiger partial charge on any atom is 0.0158 e. The van der Waals surface area contributed by atoms with Crippen LogP contribution in [0.4, 0.5) is 0 Å². The van der Waals surface area contributed by atoms with Crippen molar-refractivity contribution in [3.05, 3.63) is 227 Å². The van der Waals surface area contributed by atoms with Crippen LogP contribution in [0.1, 0.15) is 91.3 Å². The second-order valence-corrected chi connectivity index (χ2v) is 17.7. The van der Waals surface area contributed by atoms with Gasteiger partial charge in [-0.25, -0.2) is 0 Å². The molecule has 8 aromatic carbocycles. The predicted octanol–water partition coefficient (Wildman–Crippen LogP) is 17.2. The van der Waals surface area contributed by atoms with E-state index in [1.807, 2.05) is 0 Å². The van der Waals surface area contributed by atoms with E-state index in [0.717, 1.165) is 0 Å². The number of hydrogen-bond acceptors (Lipinski definition) is 0. The zero-order valence-corrected chi connectivity index (χ0v) is 37.0. The summed E-state index contributed by atoms with van der Waals surface area (Å²) in [7, 11) is 0. The van der Waals surface area contributed by atoms with Gasteiger partial charge in [0.1, 0.15) is 0 Å². The second-order valence-electron chi connectivity index (χ2n) is 17.7. The second kappa shape index (κ2) is 18.6. The summed E-state index contributed by atoms with van der Waals surface area (Å²) in [6.45, 7) is 13.4. The van der Waals surface area contributed by atoms with E-state index in [-0.39, 0.29) is 5.41 Å². The SMILES string of the molecule is CCCc1ccc(-c2ccccc2)cc1.Cc1ccc(-c2ccc(-c3cccc(-c4ccccc4C)c3C3CCC3)cc2)cc1.Cc1ccc2c(c1)-c1ccccc1C2(C)C. The number of fused-ring (bicyclic) bond motifs is 3. The molecular formula is C61H60. The molecule has 0 heteroatoms. The van der Waals surface area contributed by atoms with Crippen LogP contribution in [-0.4, -0.2) is 0 Å². The first-order chi connectivity index (χ1) is 29.7. The van der Waals surface area contributed by atoms with Crippen LogP contribution in [0.3, 0.4) is 0 Å². The van der Waals surface area contributed by atoms with E-state index in [0.29, 0.717) is 5.92 Å². The van der Waals surface area contributed by atoms with Gasteiger partial charge in [-0.15, -0.1) is 0 Å². The van der Waals surface area contributed by atoms with Gasteiger partial charge in [0.25, 0.3) is 0 Å². The maximum absolute atomic E-state index is 2.32. The molecule has 0 atom stereocenters. The smallest absolute Gasteiger partial charge is 0.0158 e. The highest BCUT2D eigenvalue weighted by molar-refractivity contribution is 5.83. The molecule has 2 aliphatic carbocycles. The Hall–Kier alpha value is -6.24. The zero-order valence-electron chi connectivity index (χ0n) is 37.0. The van der Waals surface area contributed by atoms with Crippen LogP contribution in [0.2, 0.25) is 0 Å². The number of hydrogen-bond donors (Lipinski definition) is 0. The Balaban J connectivity index is 0.000000139. The molecule has 0 unspecified atom stereocenters. The van der Waals surface area contributed by atoms with E-state index in [1.165, 1.54) is 121 Å². The Morgan fingerprint density at radius 3 is 1.57 bits per heavy atom. The third-order valence-corrected chi connectivity index (χ3v) is 13.0. The van der Waals surface area contributed by atoms with E-state index in [9.17, 15) is 0 Å². The van der Waals surface area contributed by atoms with Gasteiger partial charge < -0.3 is 0 Å². The lowest BCUT2D eigenvalue weighted by molar-refractivity contribution is 0.421. The summed E-state index contributed by atoms with van der Waals surface area (Å²) in [6, 6.07) is 68.5. The first-order valence-electron chi connectivity index (χ1n) is 22.4. The molecule has 61 heavy (non-hydrogen) atoms. The molecular weight excluding hydrogens is 733 g/mol. The molecule has 10 rings (SSSR count). The van der Waals surface area contributed by atoms with Crippen LogP contribution >= 0.6 is 0 Å². The number of rotatable bonds is 7. The minimum absolute atomic E-state index is 0.152. The fourth-order valence-corrected chi connectivity index (χ4v) is 9.27. The summed E-state index contributed by atoms with van der Waals surface area (Å²) in [5.41, 5.74) is 23.5. The molecule has 0 bridgehead atoms. The topological polar surface area (TPSA) is 0 Å². The maximum atomic E-state index is 2.32. The van der Waals surface area contributed by atoms with Gasteiger partial charge in [-0.1, -0.05) is 233 Å². The number of benzene rings is 8. The largest absolute Gasteiger partial charge is 0.0651 e. The Morgan fingerprint density at radius 1 is 0.426 bits per heavy atom. The predicted molar refractivity (Wildman–Crippen MR) is 263 cm³/mol. The zero-order chi connectivity index (χ0) is 42.3. The molecule has 0 radical (unpaired) electrons. The van der Waals surface area contributed by atoms with Crippen molar-refractivity contribution in [1.29, 1.82) is 0 Å². The van der Waals surface area contributed by atoms with Gasteiger partial charge >= 0.3 is 0 Å². The Morgan fingerprint density at radius 2 is 0.934 bits per heavy atom. The third-order valence-electron chi connectivity index (χ3n) is 13.0. The summed E-state index contributed by atoms with van der Waals surface area (Å²) < 4.78 is 0. The molecule has 2 aliphatic rings. The monoisotopic (exact) mass is 792 g/mol. The van der Waals surface area contributed by atoms with Gasteiger partial charge in [-0.2, -0.15) is 0 Å². The van der Waals surface area contributed by atoms with Crippen LogP contribution in [0.5, 0.6) is 0 Å². The minimum atomic E-state index is 0.152. The summed E-state index contributed by atoms with van der Waals surface area (Å²) >= 11 is 0. The van der Waals surface area contributed by atoms with Crippen molar-refractivity contribution in [2.45, 2.75) is 85.0 Å². The Bertz CT molecular complexity index is 2690. The van der Waals surface area contributed by atoms with Crippen molar-refractivity contribution in [3.63, 3.8) is 0 Å². The molecule has 0 saturated heterocycles. The number of aryl methyl sites for hydroxylation is 4. The van der Waals surface area contributed by atoms with Crippen molar-refractivity contribution in [2.24, 2.45) is 0 Å². The fourth-order valence-electron chi connectivity index (χ4n) is 9.27. The minimum Gasteiger partial charge on any atom is -0.0651 e. The van der Waals surface area contributed by atoms with Crippen molar-refractivity contribution < 1.29 is 0 Å². The van der Waals surface area contributed by atoms with E-state index in [2.05, 4.69) is 230 Å². The average molecular weight is 793 g/mol. The summed E-state index contributed by atoms with van der Waals surface area (Å²) in [5.74, 6) is 0.674. The quantitative estimate of drug-likeness (QED) is 0.151. The Labute approximate surface area is 366 Å². The molecule has 0 heterocycles. The van der Waals surface area contributed by atoms with Crippen molar-refractivity contribution in [1.82, 2.24) is 0 Å². The first-order valence-corrected chi connectivity index (χ1v) is 22.4. The molecule has 0 aromatic heterocycles. The average Bonchev–Trinajstić information content (AvgIpc) is 3.50. The highest BCUT2D eigenvalue weighted by Crippen LogP contribution is 2.49. The van der Waals surface area contributed by atoms with E-state index in [1.54, 1.807) is 5.56 Å². The highest BCUT2D eigenvalue weighted by Gasteiger charge is 2.34. The van der Waals surface area contributed by atoms with Gasteiger partial charge in [-0.3, -0.25) is 0 Å². The molecule has 0 amide bonds. The molecule has 0 aliphatic heterocycles. The fraction of sp³-hybridized carbons (Fsp3) is 0.213. The molecule has 1 fully saturated rings. The van der Waals surface area contributed by atoms with Crippen LogP contribution in [0.15, 0.2) is 188 Å². The summed E-state index contributed by atoms with van der Waals surface area (Å²) in [4.78, 5) is 0. The lowest BCUT2D eigenvalue weighted by atomic mass is 9.74. The molecule has 0 spiro atoms. The van der Waals surface area contributed by atoms with Gasteiger partial charge in [0.15, 0.2) is 0 Å². The molecule has 8 aromatic rings. The van der Waals surface area contributed by atoms with E-state index < -0.39 is 0 Å². The summed E-state index contributed by atoms with van der Waals surface area (Å²) in [6.07, 6.45) is 6.34. The van der Waals surface area contributed by atoms with Gasteiger partial charge in [0, 0.05) is 5.41 Å². The van der Waals surface area contributed by atoms with Crippen molar-refractivity contribution >= 4 is 0 Å². The van der Waals surface area contributed by atoms with Crippen molar-refractivity contribution in [3.8, 4) is 55.6 Å².